The molecule has 0 radical (unpaired) electrons. The first-order valence-electron chi connectivity index (χ1n) is 6.65. The molecule has 1 aromatic heterocycles. The molecule has 0 amide bonds. The van der Waals surface area contributed by atoms with Crippen LogP contribution in [-0.4, -0.2) is 34.1 Å². The molecule has 0 spiro atoms. The molecule has 120 valence electrons. The first-order chi connectivity index (χ1) is 10.2. The topological polar surface area (TPSA) is 109 Å². The highest BCUT2D eigenvalue weighted by molar-refractivity contribution is 6.00. The van der Waals surface area contributed by atoms with E-state index < -0.39 is 28.4 Å². The smallest absolute Gasteiger partial charge is 0.327 e. The van der Waals surface area contributed by atoms with Crippen molar-refractivity contribution in [3.8, 4) is 0 Å². The minimum Gasteiger partial charge on any atom is -0.465 e. The first-order valence-corrected chi connectivity index (χ1v) is 6.65. The van der Waals surface area contributed by atoms with Gasteiger partial charge in [-0.3, -0.25) is 24.7 Å². The van der Waals surface area contributed by atoms with Crippen molar-refractivity contribution < 1.29 is 24.0 Å². The number of esters is 2. The molecular weight excluding hydrogens is 292 g/mol. The van der Waals surface area contributed by atoms with Crippen molar-refractivity contribution in [2.45, 2.75) is 39.2 Å². The Kier molecular flexibility index (Phi) is 5.56. The number of hydrogen-bond donors (Lipinski definition) is 0. The van der Waals surface area contributed by atoms with Crippen LogP contribution in [0.2, 0.25) is 0 Å². The molecule has 0 fully saturated rings. The number of rotatable bonds is 5. The van der Waals surface area contributed by atoms with Crippen LogP contribution in [0.3, 0.4) is 0 Å². The number of nitro groups is 1. The molecule has 0 saturated heterocycles. The molecule has 0 aliphatic carbocycles. The highest BCUT2D eigenvalue weighted by Gasteiger charge is 2.35. The first kappa shape index (κ1) is 17.5. The van der Waals surface area contributed by atoms with Gasteiger partial charge in [0, 0.05) is 6.07 Å². The molecule has 0 saturated carbocycles. The maximum atomic E-state index is 12.2. The summed E-state index contributed by atoms with van der Waals surface area (Å²) in [5.74, 6) is -3.00. The van der Waals surface area contributed by atoms with Crippen LogP contribution in [0.4, 0.5) is 5.69 Å². The number of carbonyl (C=O) groups is 2. The van der Waals surface area contributed by atoms with E-state index in [1.807, 2.05) is 0 Å². The van der Waals surface area contributed by atoms with Crippen LogP contribution in [0, 0.1) is 10.1 Å². The van der Waals surface area contributed by atoms with E-state index in [-0.39, 0.29) is 18.0 Å². The van der Waals surface area contributed by atoms with Crippen molar-refractivity contribution in [3.05, 3.63) is 34.1 Å². The van der Waals surface area contributed by atoms with Gasteiger partial charge in [0.2, 0.25) is 0 Å². The molecule has 0 N–H and O–H groups in total. The highest BCUT2D eigenvalue weighted by atomic mass is 16.6. The van der Waals surface area contributed by atoms with Crippen molar-refractivity contribution in [1.82, 2.24) is 4.98 Å². The molecule has 1 heterocycles. The van der Waals surface area contributed by atoms with Gasteiger partial charge in [-0.25, -0.2) is 0 Å². The third-order valence-electron chi connectivity index (χ3n) is 2.44. The molecule has 8 heteroatoms. The lowest BCUT2D eigenvalue weighted by Gasteiger charge is -2.22. The molecular formula is C14H18N2O6. The number of nitrogens with zero attached hydrogens (tertiary/aromatic N) is 2. The summed E-state index contributed by atoms with van der Waals surface area (Å²) in [7, 11) is 0. The Labute approximate surface area is 127 Å². The molecule has 22 heavy (non-hydrogen) atoms. The average molecular weight is 310 g/mol. The number of carbonyl (C=O) groups excluding carboxylic acids is 2. The predicted molar refractivity (Wildman–Crippen MR) is 76.1 cm³/mol. The fourth-order valence-electron chi connectivity index (χ4n) is 1.60. The second-order valence-corrected chi connectivity index (χ2v) is 5.42. The fraction of sp³-hybridized carbons (Fsp3) is 0.500. The van der Waals surface area contributed by atoms with E-state index in [9.17, 15) is 19.7 Å². The van der Waals surface area contributed by atoms with Gasteiger partial charge in [-0.2, -0.15) is 0 Å². The van der Waals surface area contributed by atoms with Crippen molar-refractivity contribution in [1.29, 1.82) is 0 Å². The van der Waals surface area contributed by atoms with E-state index in [0.29, 0.717) is 0 Å². The average Bonchev–Trinajstić information content (AvgIpc) is 2.37. The lowest BCUT2D eigenvalue weighted by atomic mass is 10.0. The summed E-state index contributed by atoms with van der Waals surface area (Å²) < 4.78 is 10.0. The second kappa shape index (κ2) is 6.97. The van der Waals surface area contributed by atoms with Crippen molar-refractivity contribution in [3.63, 3.8) is 0 Å². The van der Waals surface area contributed by atoms with E-state index in [1.54, 1.807) is 27.7 Å². The van der Waals surface area contributed by atoms with E-state index >= 15 is 0 Å². The third kappa shape index (κ3) is 4.80. The summed E-state index contributed by atoms with van der Waals surface area (Å²) in [6.07, 6.45) is 0.978. The zero-order valence-electron chi connectivity index (χ0n) is 12.9. The Balaban J connectivity index is 3.12. The molecule has 0 unspecified atom stereocenters. The van der Waals surface area contributed by atoms with Crippen molar-refractivity contribution in [2.75, 3.05) is 6.61 Å². The van der Waals surface area contributed by atoms with Gasteiger partial charge in [-0.05, 0) is 33.8 Å². The van der Waals surface area contributed by atoms with Gasteiger partial charge in [0.25, 0.3) is 5.69 Å². The highest BCUT2D eigenvalue weighted by Crippen LogP contribution is 2.22. The van der Waals surface area contributed by atoms with Gasteiger partial charge in [0.05, 0.1) is 17.2 Å². The Morgan fingerprint density at radius 3 is 2.36 bits per heavy atom. The van der Waals surface area contributed by atoms with Gasteiger partial charge in [-0.15, -0.1) is 0 Å². The monoisotopic (exact) mass is 310 g/mol. The number of aromatic nitrogens is 1. The fourth-order valence-corrected chi connectivity index (χ4v) is 1.60. The number of ether oxygens (including phenoxy) is 2. The number of pyridine rings is 1. The second-order valence-electron chi connectivity index (χ2n) is 5.42. The molecule has 1 aromatic rings. The van der Waals surface area contributed by atoms with Crippen molar-refractivity contribution in [2.24, 2.45) is 0 Å². The maximum Gasteiger partial charge on any atom is 0.327 e. The molecule has 8 nitrogen and oxygen atoms in total. The van der Waals surface area contributed by atoms with Crippen LogP contribution in [0.25, 0.3) is 0 Å². The summed E-state index contributed by atoms with van der Waals surface area (Å²) in [4.78, 5) is 38.0. The van der Waals surface area contributed by atoms with Crippen LogP contribution in [0.15, 0.2) is 18.3 Å². The van der Waals surface area contributed by atoms with Gasteiger partial charge in [-0.1, -0.05) is 0 Å². The zero-order valence-corrected chi connectivity index (χ0v) is 12.9. The Morgan fingerprint density at radius 1 is 1.32 bits per heavy atom. The minimum atomic E-state index is -1.38. The SMILES string of the molecule is CCOC(=O)[C@H](C(=O)OC(C)(C)C)c1ccc([N+](=O)[O-])cn1. The summed E-state index contributed by atoms with van der Waals surface area (Å²) in [6, 6.07) is 2.41. The van der Waals surface area contributed by atoms with E-state index in [0.717, 1.165) is 6.20 Å². The molecule has 1 rings (SSSR count). The molecule has 0 aliphatic heterocycles. The van der Waals surface area contributed by atoms with Crippen LogP contribution in [-0.2, 0) is 19.1 Å². The molecule has 0 aliphatic rings. The molecule has 0 bridgehead atoms. The standard InChI is InChI=1S/C14H18N2O6/c1-5-21-12(17)11(13(18)22-14(2,3)4)10-7-6-9(8-15-10)16(19)20/h6-8,11H,5H2,1-4H3/t11-/m1/s1. The Hall–Kier alpha value is -2.51. The predicted octanol–water partition coefficient (Wildman–Crippen LogP) is 1.98. The lowest BCUT2D eigenvalue weighted by Crippen LogP contribution is -2.32. The van der Waals surface area contributed by atoms with E-state index in [1.165, 1.54) is 12.1 Å². The van der Waals surface area contributed by atoms with Gasteiger partial charge in [0.15, 0.2) is 5.92 Å². The van der Waals surface area contributed by atoms with Gasteiger partial charge >= 0.3 is 11.9 Å². The van der Waals surface area contributed by atoms with Crippen LogP contribution in [0.5, 0.6) is 0 Å². The molecule has 0 aromatic carbocycles. The maximum absolute atomic E-state index is 12.2. The van der Waals surface area contributed by atoms with Crippen LogP contribution < -0.4 is 0 Å². The summed E-state index contributed by atoms with van der Waals surface area (Å²) in [5, 5.41) is 10.6. The van der Waals surface area contributed by atoms with E-state index in [4.69, 9.17) is 9.47 Å². The zero-order chi connectivity index (χ0) is 16.9. The Bertz CT molecular complexity index is 562. The summed E-state index contributed by atoms with van der Waals surface area (Å²) in [6.45, 7) is 6.68. The Morgan fingerprint density at radius 2 is 1.95 bits per heavy atom. The summed E-state index contributed by atoms with van der Waals surface area (Å²) >= 11 is 0. The van der Waals surface area contributed by atoms with Crippen LogP contribution >= 0.6 is 0 Å². The van der Waals surface area contributed by atoms with Crippen LogP contribution in [0.1, 0.15) is 39.3 Å². The summed E-state index contributed by atoms with van der Waals surface area (Å²) in [5.41, 5.74) is -0.989. The number of hydrogen-bond acceptors (Lipinski definition) is 7. The van der Waals surface area contributed by atoms with Gasteiger partial charge in [0.1, 0.15) is 11.8 Å². The quantitative estimate of drug-likeness (QED) is 0.354. The van der Waals surface area contributed by atoms with E-state index in [2.05, 4.69) is 4.98 Å². The molecule has 1 atom stereocenters. The minimum absolute atomic E-state index is 0.0401. The normalized spacial score (nSPS) is 12.4. The third-order valence-corrected chi connectivity index (χ3v) is 2.44. The van der Waals surface area contributed by atoms with Crippen molar-refractivity contribution >= 4 is 17.6 Å². The lowest BCUT2D eigenvalue weighted by molar-refractivity contribution is -0.385. The van der Waals surface area contributed by atoms with Gasteiger partial charge < -0.3 is 9.47 Å². The largest absolute Gasteiger partial charge is 0.465 e.